The molecular weight excluding hydrogens is 268 g/mol. The second kappa shape index (κ2) is 6.61. The molecule has 5 nitrogen and oxygen atoms in total. The van der Waals surface area contributed by atoms with Crippen molar-refractivity contribution in [2.24, 2.45) is 0 Å². The van der Waals surface area contributed by atoms with Crippen LogP contribution in [0.15, 0.2) is 24.3 Å². The van der Waals surface area contributed by atoms with Crippen molar-refractivity contribution in [2.45, 2.75) is 51.6 Å². The Kier molecular flexibility index (Phi) is 4.83. The van der Waals surface area contributed by atoms with E-state index in [2.05, 4.69) is 19.2 Å². The molecule has 2 rings (SSSR count). The first-order valence-electron chi connectivity index (χ1n) is 7.41. The number of aliphatic carboxylic acids is 1. The Balaban J connectivity index is 2.07. The molecule has 1 saturated heterocycles. The lowest BCUT2D eigenvalue weighted by molar-refractivity contribution is -0.136. The van der Waals surface area contributed by atoms with Crippen molar-refractivity contribution < 1.29 is 14.7 Å². The number of carbonyl (C=O) groups excluding carboxylic acids is 1. The third-order valence-corrected chi connectivity index (χ3v) is 4.03. The third kappa shape index (κ3) is 3.74. The molecule has 2 unspecified atom stereocenters. The third-order valence-electron chi connectivity index (χ3n) is 4.03. The normalized spacial score (nSPS) is 21.3. The average molecular weight is 290 g/mol. The van der Waals surface area contributed by atoms with E-state index in [9.17, 15) is 9.59 Å². The highest BCUT2D eigenvalue weighted by Crippen LogP contribution is 2.26. The highest BCUT2D eigenvalue weighted by molar-refractivity contribution is 5.90. The molecule has 0 radical (unpaired) electrons. The van der Waals surface area contributed by atoms with Crippen molar-refractivity contribution in [3.8, 4) is 0 Å². The number of anilines is 1. The van der Waals surface area contributed by atoms with Gasteiger partial charge in [0.05, 0.1) is 6.42 Å². The number of rotatable bonds is 4. The first-order chi connectivity index (χ1) is 10.0. The summed E-state index contributed by atoms with van der Waals surface area (Å²) in [6.07, 6.45) is 2.99. The molecule has 1 aromatic rings. The van der Waals surface area contributed by atoms with Crippen LogP contribution in [0.4, 0.5) is 10.5 Å². The van der Waals surface area contributed by atoms with Gasteiger partial charge in [0.1, 0.15) is 0 Å². The number of amides is 2. The second-order valence-electron chi connectivity index (χ2n) is 5.60. The summed E-state index contributed by atoms with van der Waals surface area (Å²) in [6.45, 7) is 4.16. The maximum absolute atomic E-state index is 12.4. The SMILES string of the molecule is CCC1CCC(C)N1C(=O)Nc1cccc(CC(=O)O)c1. The number of hydrogen-bond donors (Lipinski definition) is 2. The molecule has 0 spiro atoms. The van der Waals surface area contributed by atoms with E-state index >= 15 is 0 Å². The molecule has 2 N–H and O–H groups in total. The predicted octanol–water partition coefficient (Wildman–Crippen LogP) is 3.11. The lowest BCUT2D eigenvalue weighted by Gasteiger charge is -2.28. The maximum Gasteiger partial charge on any atom is 0.322 e. The minimum absolute atomic E-state index is 0.0403. The van der Waals surface area contributed by atoms with Crippen LogP contribution >= 0.6 is 0 Å². The predicted molar refractivity (Wildman–Crippen MR) is 81.4 cm³/mol. The monoisotopic (exact) mass is 290 g/mol. The highest BCUT2D eigenvalue weighted by atomic mass is 16.4. The zero-order chi connectivity index (χ0) is 15.4. The zero-order valence-corrected chi connectivity index (χ0v) is 12.5. The number of carboxylic acids is 1. The van der Waals surface area contributed by atoms with Gasteiger partial charge in [-0.15, -0.1) is 0 Å². The Morgan fingerprint density at radius 2 is 2.14 bits per heavy atom. The fourth-order valence-electron chi connectivity index (χ4n) is 2.96. The van der Waals surface area contributed by atoms with Gasteiger partial charge in [-0.1, -0.05) is 19.1 Å². The molecule has 2 amide bonds. The minimum atomic E-state index is -0.877. The average Bonchev–Trinajstić information content (AvgIpc) is 2.79. The molecule has 2 atom stereocenters. The van der Waals surface area contributed by atoms with Crippen LogP contribution in [0.25, 0.3) is 0 Å². The Labute approximate surface area is 125 Å². The van der Waals surface area contributed by atoms with Crippen molar-refractivity contribution in [1.29, 1.82) is 0 Å². The smallest absolute Gasteiger partial charge is 0.322 e. The van der Waals surface area contributed by atoms with Crippen LogP contribution in [-0.2, 0) is 11.2 Å². The summed E-state index contributed by atoms with van der Waals surface area (Å²) in [5, 5.41) is 11.7. The Bertz CT molecular complexity index is 530. The molecule has 1 aliphatic heterocycles. The number of urea groups is 1. The second-order valence-corrected chi connectivity index (χ2v) is 5.60. The molecule has 21 heavy (non-hydrogen) atoms. The first kappa shape index (κ1) is 15.4. The van der Waals surface area contributed by atoms with E-state index in [-0.39, 0.29) is 18.5 Å². The minimum Gasteiger partial charge on any atom is -0.481 e. The number of nitrogens with one attached hydrogen (secondary N) is 1. The van der Waals surface area contributed by atoms with Crippen LogP contribution in [0, 0.1) is 0 Å². The van der Waals surface area contributed by atoms with Gasteiger partial charge in [0.2, 0.25) is 0 Å². The number of benzene rings is 1. The Hall–Kier alpha value is -2.04. The van der Waals surface area contributed by atoms with E-state index in [1.54, 1.807) is 24.3 Å². The number of likely N-dealkylation sites (tertiary alicyclic amines) is 1. The van der Waals surface area contributed by atoms with Gasteiger partial charge in [0, 0.05) is 17.8 Å². The summed E-state index contributed by atoms with van der Waals surface area (Å²) in [5.74, 6) is -0.877. The molecule has 0 aliphatic carbocycles. The number of carbonyl (C=O) groups is 2. The fraction of sp³-hybridized carbons (Fsp3) is 0.500. The summed E-state index contributed by atoms with van der Waals surface area (Å²) >= 11 is 0. The van der Waals surface area contributed by atoms with E-state index in [0.717, 1.165) is 19.3 Å². The van der Waals surface area contributed by atoms with Crippen molar-refractivity contribution in [1.82, 2.24) is 4.90 Å². The van der Waals surface area contributed by atoms with Crippen LogP contribution in [0.3, 0.4) is 0 Å². The molecule has 1 heterocycles. The quantitative estimate of drug-likeness (QED) is 0.895. The van der Waals surface area contributed by atoms with Crippen molar-refractivity contribution in [3.63, 3.8) is 0 Å². The molecular formula is C16H22N2O3. The van der Waals surface area contributed by atoms with Gasteiger partial charge in [0.15, 0.2) is 0 Å². The molecule has 0 aromatic heterocycles. The topological polar surface area (TPSA) is 69.6 Å². The van der Waals surface area contributed by atoms with E-state index in [4.69, 9.17) is 5.11 Å². The molecule has 5 heteroatoms. The lowest BCUT2D eigenvalue weighted by atomic mass is 10.1. The summed E-state index contributed by atoms with van der Waals surface area (Å²) in [6, 6.07) is 7.45. The van der Waals surface area contributed by atoms with Crippen molar-refractivity contribution in [3.05, 3.63) is 29.8 Å². The van der Waals surface area contributed by atoms with Crippen LogP contribution in [0.1, 0.15) is 38.7 Å². The van der Waals surface area contributed by atoms with E-state index in [0.29, 0.717) is 17.3 Å². The van der Waals surface area contributed by atoms with Crippen LogP contribution in [0.2, 0.25) is 0 Å². The Morgan fingerprint density at radius 1 is 1.38 bits per heavy atom. The lowest BCUT2D eigenvalue weighted by Crippen LogP contribution is -2.42. The molecule has 0 saturated carbocycles. The van der Waals surface area contributed by atoms with Crippen LogP contribution < -0.4 is 5.32 Å². The molecule has 114 valence electrons. The largest absolute Gasteiger partial charge is 0.481 e. The van der Waals surface area contributed by atoms with Crippen molar-refractivity contribution in [2.75, 3.05) is 5.32 Å². The summed E-state index contributed by atoms with van der Waals surface area (Å²) in [7, 11) is 0. The number of carboxylic acid groups (broad SMARTS) is 1. The van der Waals surface area contributed by atoms with Gasteiger partial charge < -0.3 is 15.3 Å². The standard InChI is InChI=1S/C16H22N2O3/c1-3-14-8-7-11(2)18(14)16(21)17-13-6-4-5-12(9-13)10-15(19)20/h4-6,9,11,14H,3,7-8,10H2,1-2H3,(H,17,21)(H,19,20). The van der Waals surface area contributed by atoms with Gasteiger partial charge >= 0.3 is 12.0 Å². The number of hydrogen-bond acceptors (Lipinski definition) is 2. The van der Waals surface area contributed by atoms with E-state index < -0.39 is 5.97 Å². The van der Waals surface area contributed by atoms with Crippen molar-refractivity contribution >= 4 is 17.7 Å². The zero-order valence-electron chi connectivity index (χ0n) is 12.5. The highest BCUT2D eigenvalue weighted by Gasteiger charge is 2.33. The van der Waals surface area contributed by atoms with Gasteiger partial charge in [0.25, 0.3) is 0 Å². The Morgan fingerprint density at radius 3 is 2.81 bits per heavy atom. The first-order valence-corrected chi connectivity index (χ1v) is 7.41. The van der Waals surface area contributed by atoms with E-state index in [1.165, 1.54) is 0 Å². The van der Waals surface area contributed by atoms with Crippen LogP contribution in [0.5, 0.6) is 0 Å². The molecule has 1 aliphatic rings. The molecule has 1 aromatic carbocycles. The molecule has 0 bridgehead atoms. The van der Waals surface area contributed by atoms with Gasteiger partial charge in [-0.2, -0.15) is 0 Å². The molecule has 1 fully saturated rings. The van der Waals surface area contributed by atoms with Gasteiger partial charge in [-0.25, -0.2) is 4.79 Å². The summed E-state index contributed by atoms with van der Waals surface area (Å²) in [4.78, 5) is 25.1. The van der Waals surface area contributed by atoms with Gasteiger partial charge in [-0.05, 0) is 43.9 Å². The maximum atomic E-state index is 12.4. The number of nitrogens with zero attached hydrogens (tertiary/aromatic N) is 1. The van der Waals surface area contributed by atoms with Gasteiger partial charge in [-0.3, -0.25) is 4.79 Å². The summed E-state index contributed by atoms with van der Waals surface area (Å²) < 4.78 is 0. The van der Waals surface area contributed by atoms with Crippen LogP contribution in [-0.4, -0.2) is 34.1 Å². The summed E-state index contributed by atoms with van der Waals surface area (Å²) in [5.41, 5.74) is 1.33. The van der Waals surface area contributed by atoms with E-state index in [1.807, 2.05) is 4.90 Å². The fourth-order valence-corrected chi connectivity index (χ4v) is 2.96.